The van der Waals surface area contributed by atoms with Crippen LogP contribution in [-0.2, 0) is 20.7 Å². The van der Waals surface area contributed by atoms with Gasteiger partial charge in [0.15, 0.2) is 0 Å². The maximum absolute atomic E-state index is 11.9. The Morgan fingerprint density at radius 1 is 1.42 bits per heavy atom. The molecule has 1 amide bonds. The number of esters is 1. The van der Waals surface area contributed by atoms with E-state index in [1.165, 1.54) is 7.11 Å². The number of rotatable bonds is 4. The molecule has 1 aromatic carbocycles. The van der Waals surface area contributed by atoms with Crippen molar-refractivity contribution in [1.82, 2.24) is 0 Å². The summed E-state index contributed by atoms with van der Waals surface area (Å²) in [5, 5.41) is 8.85. The molecule has 0 saturated carbocycles. The number of carbonyl (C=O) groups is 2. The van der Waals surface area contributed by atoms with Crippen molar-refractivity contribution in [2.45, 2.75) is 12.8 Å². The van der Waals surface area contributed by atoms with Gasteiger partial charge in [0.2, 0.25) is 5.91 Å². The molecule has 0 radical (unpaired) electrons. The number of anilines is 1. The third-order valence-corrected chi connectivity index (χ3v) is 3.31. The van der Waals surface area contributed by atoms with Crippen LogP contribution in [0, 0.1) is 5.92 Å². The average Bonchev–Trinajstić information content (AvgIpc) is 2.81. The number of hydrogen-bond acceptors (Lipinski definition) is 4. The van der Waals surface area contributed by atoms with E-state index in [0.29, 0.717) is 13.0 Å². The van der Waals surface area contributed by atoms with Gasteiger partial charge in [0, 0.05) is 25.3 Å². The summed E-state index contributed by atoms with van der Waals surface area (Å²) in [5.74, 6) is -0.785. The zero-order valence-electron chi connectivity index (χ0n) is 10.8. The molecule has 5 heteroatoms. The van der Waals surface area contributed by atoms with E-state index >= 15 is 0 Å². The van der Waals surface area contributed by atoms with Gasteiger partial charge in [0.1, 0.15) is 0 Å². The first-order valence-electron chi connectivity index (χ1n) is 6.23. The summed E-state index contributed by atoms with van der Waals surface area (Å²) in [6.45, 7) is 0.470. The molecule has 1 heterocycles. The summed E-state index contributed by atoms with van der Waals surface area (Å²) < 4.78 is 4.67. The summed E-state index contributed by atoms with van der Waals surface area (Å²) in [7, 11) is 1.33. The van der Waals surface area contributed by atoms with E-state index in [2.05, 4.69) is 4.74 Å². The highest BCUT2D eigenvalue weighted by atomic mass is 16.5. The molecule has 0 aliphatic carbocycles. The lowest BCUT2D eigenvalue weighted by Crippen LogP contribution is -2.26. The highest BCUT2D eigenvalue weighted by Gasteiger charge is 2.35. The molecular weight excluding hydrogens is 246 g/mol. The lowest BCUT2D eigenvalue weighted by atomic mass is 10.1. The van der Waals surface area contributed by atoms with Crippen LogP contribution in [0.5, 0.6) is 0 Å². The zero-order valence-corrected chi connectivity index (χ0v) is 10.8. The zero-order chi connectivity index (χ0) is 13.8. The van der Waals surface area contributed by atoms with Crippen LogP contribution in [0.1, 0.15) is 12.0 Å². The maximum atomic E-state index is 11.9. The predicted molar refractivity (Wildman–Crippen MR) is 69.7 cm³/mol. The maximum Gasteiger partial charge on any atom is 0.311 e. The van der Waals surface area contributed by atoms with Crippen molar-refractivity contribution in [2.75, 3.05) is 25.2 Å². The fourth-order valence-corrected chi connectivity index (χ4v) is 2.25. The molecule has 1 fully saturated rings. The fraction of sp³-hybridized carbons (Fsp3) is 0.429. The lowest BCUT2D eigenvalue weighted by molar-refractivity contribution is -0.145. The molecule has 1 atom stereocenters. The van der Waals surface area contributed by atoms with Gasteiger partial charge in [-0.05, 0) is 24.1 Å². The Balaban J connectivity index is 2.09. The normalized spacial score (nSPS) is 18.7. The van der Waals surface area contributed by atoms with Crippen LogP contribution in [0.2, 0.25) is 0 Å². The Morgan fingerprint density at radius 2 is 2.11 bits per heavy atom. The molecule has 0 bridgehead atoms. The van der Waals surface area contributed by atoms with Gasteiger partial charge in [-0.15, -0.1) is 0 Å². The third-order valence-electron chi connectivity index (χ3n) is 3.31. The van der Waals surface area contributed by atoms with E-state index in [9.17, 15) is 9.59 Å². The van der Waals surface area contributed by atoms with Gasteiger partial charge in [-0.1, -0.05) is 12.1 Å². The summed E-state index contributed by atoms with van der Waals surface area (Å²) in [4.78, 5) is 24.9. The molecule has 1 aliphatic rings. The van der Waals surface area contributed by atoms with Crippen molar-refractivity contribution in [3.8, 4) is 0 Å². The summed E-state index contributed by atoms with van der Waals surface area (Å²) in [6.07, 6.45) is 0.796. The number of carbonyl (C=O) groups excluding carboxylic acids is 2. The van der Waals surface area contributed by atoms with E-state index in [1.54, 1.807) is 4.90 Å². The number of aliphatic hydroxyl groups excluding tert-OH is 1. The molecule has 102 valence electrons. The van der Waals surface area contributed by atoms with Crippen LogP contribution in [0.25, 0.3) is 0 Å². The van der Waals surface area contributed by atoms with Gasteiger partial charge >= 0.3 is 5.97 Å². The molecule has 0 aromatic heterocycles. The van der Waals surface area contributed by atoms with Gasteiger partial charge in [-0.2, -0.15) is 0 Å². The number of nitrogens with zero attached hydrogens (tertiary/aromatic N) is 1. The third kappa shape index (κ3) is 2.93. The molecule has 1 saturated heterocycles. The van der Waals surface area contributed by atoms with Crippen LogP contribution < -0.4 is 4.90 Å². The first-order valence-corrected chi connectivity index (χ1v) is 6.23. The fourth-order valence-electron chi connectivity index (χ4n) is 2.25. The van der Waals surface area contributed by atoms with E-state index in [0.717, 1.165) is 11.3 Å². The van der Waals surface area contributed by atoms with Crippen molar-refractivity contribution in [1.29, 1.82) is 0 Å². The molecular formula is C14H17NO4. The number of benzene rings is 1. The van der Waals surface area contributed by atoms with E-state index < -0.39 is 0 Å². The summed E-state index contributed by atoms with van der Waals surface area (Å²) >= 11 is 0. The van der Waals surface area contributed by atoms with Gasteiger partial charge in [0.25, 0.3) is 0 Å². The topological polar surface area (TPSA) is 66.8 Å². The number of amides is 1. The van der Waals surface area contributed by atoms with Crippen LogP contribution in [0.15, 0.2) is 24.3 Å². The number of hydrogen-bond donors (Lipinski definition) is 1. The Bertz CT molecular complexity index is 469. The monoisotopic (exact) mass is 263 g/mol. The molecule has 19 heavy (non-hydrogen) atoms. The van der Waals surface area contributed by atoms with Gasteiger partial charge in [-0.25, -0.2) is 0 Å². The second kappa shape index (κ2) is 5.84. The Labute approximate surface area is 111 Å². The van der Waals surface area contributed by atoms with Crippen molar-refractivity contribution < 1.29 is 19.4 Å². The van der Waals surface area contributed by atoms with E-state index in [4.69, 9.17) is 5.11 Å². The first-order chi connectivity index (χ1) is 9.15. The van der Waals surface area contributed by atoms with Crippen LogP contribution in [-0.4, -0.2) is 37.2 Å². The first kappa shape index (κ1) is 13.5. The second-order valence-electron chi connectivity index (χ2n) is 4.57. The predicted octanol–water partition coefficient (Wildman–Crippen LogP) is 0.747. The Kier molecular flexibility index (Phi) is 4.16. The average molecular weight is 263 g/mol. The van der Waals surface area contributed by atoms with E-state index in [-0.39, 0.29) is 30.8 Å². The van der Waals surface area contributed by atoms with Gasteiger partial charge in [0.05, 0.1) is 13.0 Å². The smallest absolute Gasteiger partial charge is 0.311 e. The molecule has 1 aromatic rings. The van der Waals surface area contributed by atoms with Crippen LogP contribution in [0.3, 0.4) is 0 Å². The largest absolute Gasteiger partial charge is 0.469 e. The molecule has 1 aliphatic heterocycles. The Hall–Kier alpha value is -1.88. The Morgan fingerprint density at radius 3 is 2.68 bits per heavy atom. The highest BCUT2D eigenvalue weighted by molar-refractivity contribution is 5.99. The summed E-state index contributed by atoms with van der Waals surface area (Å²) in [5.41, 5.74) is 1.79. The molecule has 2 rings (SSSR count). The number of ether oxygens (including phenoxy) is 1. The molecule has 1 N–H and O–H groups in total. The minimum atomic E-state index is -0.380. The van der Waals surface area contributed by atoms with Crippen LogP contribution in [0.4, 0.5) is 5.69 Å². The highest BCUT2D eigenvalue weighted by Crippen LogP contribution is 2.26. The van der Waals surface area contributed by atoms with Crippen LogP contribution >= 0.6 is 0 Å². The van der Waals surface area contributed by atoms with E-state index in [1.807, 2.05) is 24.3 Å². The SMILES string of the molecule is COC(=O)C1CC(=O)N(c2ccc(CCO)cc2)C1. The van der Waals surface area contributed by atoms with Crippen molar-refractivity contribution in [3.05, 3.63) is 29.8 Å². The van der Waals surface area contributed by atoms with Gasteiger partial charge in [-0.3, -0.25) is 9.59 Å². The standard InChI is InChI=1S/C14H17NO4/c1-19-14(18)11-8-13(17)15(9-11)12-4-2-10(3-5-12)6-7-16/h2-5,11,16H,6-9H2,1H3. The van der Waals surface area contributed by atoms with Crippen molar-refractivity contribution >= 4 is 17.6 Å². The lowest BCUT2D eigenvalue weighted by Gasteiger charge is -2.16. The van der Waals surface area contributed by atoms with Gasteiger partial charge < -0.3 is 14.7 Å². The second-order valence-corrected chi connectivity index (χ2v) is 4.57. The molecule has 1 unspecified atom stereocenters. The quantitative estimate of drug-likeness (QED) is 0.814. The van der Waals surface area contributed by atoms with Crippen molar-refractivity contribution in [3.63, 3.8) is 0 Å². The minimum absolute atomic E-state index is 0.0645. The number of methoxy groups -OCH3 is 1. The summed E-state index contributed by atoms with van der Waals surface area (Å²) in [6, 6.07) is 7.43. The number of aliphatic hydroxyl groups is 1. The van der Waals surface area contributed by atoms with Crippen molar-refractivity contribution in [2.24, 2.45) is 5.92 Å². The molecule has 5 nitrogen and oxygen atoms in total. The molecule has 0 spiro atoms. The minimum Gasteiger partial charge on any atom is -0.469 e.